The molecule has 7 aromatic carbocycles. The summed E-state index contributed by atoms with van der Waals surface area (Å²) in [6.45, 7) is 0. The van der Waals surface area contributed by atoms with Gasteiger partial charge in [-0.2, -0.15) is 0 Å². The summed E-state index contributed by atoms with van der Waals surface area (Å²) >= 11 is 0. The average Bonchev–Trinajstić information content (AvgIpc) is 3.68. The first-order valence-electron chi connectivity index (χ1n) is 14.9. The number of fused-ring (bicyclic) bond motifs is 6. The van der Waals surface area contributed by atoms with Crippen LogP contribution in [0.5, 0.6) is 0 Å². The Bertz CT molecular complexity index is 2470. The third kappa shape index (κ3) is 3.87. The largest absolute Gasteiger partial charge is 0.455 e. The third-order valence-electron chi connectivity index (χ3n) is 8.63. The average molecular weight is 563 g/mol. The summed E-state index contributed by atoms with van der Waals surface area (Å²) in [6, 6.07) is 55.5. The molecule has 44 heavy (non-hydrogen) atoms. The molecule has 2 aromatic heterocycles. The molecule has 0 bridgehead atoms. The number of benzene rings is 7. The highest BCUT2D eigenvalue weighted by atomic mass is 16.3. The zero-order valence-corrected chi connectivity index (χ0v) is 23.8. The van der Waals surface area contributed by atoms with Crippen molar-refractivity contribution in [2.45, 2.75) is 0 Å². The van der Waals surface area contributed by atoms with Crippen LogP contribution in [-0.4, -0.2) is 9.55 Å². The summed E-state index contributed by atoms with van der Waals surface area (Å²) in [6.07, 6.45) is 0. The Morgan fingerprint density at radius 3 is 1.86 bits per heavy atom. The van der Waals surface area contributed by atoms with Crippen LogP contribution in [0.1, 0.15) is 0 Å². The van der Waals surface area contributed by atoms with Gasteiger partial charge in [0, 0.05) is 27.4 Å². The first-order chi connectivity index (χ1) is 21.8. The fourth-order valence-electron chi connectivity index (χ4n) is 6.50. The number of rotatable bonds is 4. The van der Waals surface area contributed by atoms with E-state index in [1.165, 1.54) is 27.6 Å². The van der Waals surface area contributed by atoms with E-state index in [-0.39, 0.29) is 0 Å². The van der Waals surface area contributed by atoms with Gasteiger partial charge in [0.1, 0.15) is 17.0 Å². The highest BCUT2D eigenvalue weighted by Gasteiger charge is 2.16. The quantitative estimate of drug-likeness (QED) is 0.214. The molecule has 0 atom stereocenters. The molecule has 0 N–H and O–H groups in total. The maximum Gasteiger partial charge on any atom is 0.145 e. The van der Waals surface area contributed by atoms with Gasteiger partial charge < -0.3 is 4.42 Å². The predicted octanol–water partition coefficient (Wildman–Crippen LogP) is 11.1. The first-order valence-corrected chi connectivity index (χ1v) is 14.9. The number of hydrogen-bond acceptors (Lipinski definition) is 2. The lowest BCUT2D eigenvalue weighted by molar-refractivity contribution is 0.672. The molecule has 3 nitrogen and oxygen atoms in total. The molecule has 0 spiro atoms. The number of para-hydroxylation sites is 3. The summed E-state index contributed by atoms with van der Waals surface area (Å²) < 4.78 is 8.57. The van der Waals surface area contributed by atoms with Crippen LogP contribution in [0.3, 0.4) is 0 Å². The lowest BCUT2D eigenvalue weighted by Gasteiger charge is -2.12. The molecule has 0 unspecified atom stereocenters. The Morgan fingerprint density at radius 1 is 0.455 bits per heavy atom. The minimum absolute atomic E-state index is 0.920. The first kappa shape index (κ1) is 24.6. The SMILES string of the molecule is c1ccc(-c2nc3ccccc3n2-c2ccc(-c3ccc(-c4cc5c6ccccc6oc5c5ccccc45)cc3)cc2)cc1. The van der Waals surface area contributed by atoms with E-state index in [0.717, 1.165) is 55.4 Å². The standard InChI is InChI=1S/C41H26N2O/c1-2-10-30(11-3-1)41-42-37-15-7-8-16-38(37)43(41)31-24-22-28(23-25-31)27-18-20-29(21-19-27)35-26-36-33-13-6-9-17-39(33)44-40(36)34-14-5-4-12-32(34)35/h1-26H. The normalized spacial score (nSPS) is 11.6. The van der Waals surface area contributed by atoms with Crippen LogP contribution in [0.15, 0.2) is 162 Å². The number of nitrogens with zero attached hydrogens (tertiary/aromatic N) is 2. The summed E-state index contributed by atoms with van der Waals surface area (Å²) in [7, 11) is 0. The molecule has 0 aliphatic heterocycles. The van der Waals surface area contributed by atoms with Crippen LogP contribution in [0, 0.1) is 0 Å². The van der Waals surface area contributed by atoms with E-state index < -0.39 is 0 Å². The maximum absolute atomic E-state index is 6.32. The fourth-order valence-corrected chi connectivity index (χ4v) is 6.50. The summed E-state index contributed by atoms with van der Waals surface area (Å²) in [4.78, 5) is 4.99. The number of furan rings is 1. The van der Waals surface area contributed by atoms with Crippen LogP contribution >= 0.6 is 0 Å². The van der Waals surface area contributed by atoms with Gasteiger partial charge in [-0.3, -0.25) is 4.57 Å². The molecule has 0 fully saturated rings. The van der Waals surface area contributed by atoms with E-state index in [9.17, 15) is 0 Å². The molecule has 206 valence electrons. The molecule has 9 aromatic rings. The zero-order chi connectivity index (χ0) is 29.0. The summed E-state index contributed by atoms with van der Waals surface area (Å²) in [5.41, 5.74) is 10.9. The number of aromatic nitrogens is 2. The molecule has 0 amide bonds. The van der Waals surface area contributed by atoms with Crippen LogP contribution in [0.25, 0.3) is 83.1 Å². The molecule has 3 heteroatoms. The molecule has 9 rings (SSSR count). The van der Waals surface area contributed by atoms with Crippen molar-refractivity contribution < 1.29 is 4.42 Å². The Balaban J connectivity index is 1.11. The van der Waals surface area contributed by atoms with Crippen molar-refractivity contribution in [3.05, 3.63) is 158 Å². The van der Waals surface area contributed by atoms with Crippen molar-refractivity contribution in [3.63, 3.8) is 0 Å². The van der Waals surface area contributed by atoms with Crippen molar-refractivity contribution in [2.24, 2.45) is 0 Å². The Hall–Kier alpha value is -5.93. The molecule has 0 aliphatic rings. The second-order valence-electron chi connectivity index (χ2n) is 11.2. The smallest absolute Gasteiger partial charge is 0.145 e. The van der Waals surface area contributed by atoms with Gasteiger partial charge >= 0.3 is 0 Å². The number of imidazole rings is 1. The van der Waals surface area contributed by atoms with Crippen molar-refractivity contribution in [1.82, 2.24) is 9.55 Å². The van der Waals surface area contributed by atoms with Crippen molar-refractivity contribution in [3.8, 4) is 39.3 Å². The molecule has 0 radical (unpaired) electrons. The van der Waals surface area contributed by atoms with Crippen LogP contribution in [0.4, 0.5) is 0 Å². The Kier molecular flexibility index (Phi) is 5.50. The molecular formula is C41H26N2O. The maximum atomic E-state index is 6.32. The molecule has 0 saturated heterocycles. The van der Waals surface area contributed by atoms with Gasteiger partial charge in [0.25, 0.3) is 0 Å². The van der Waals surface area contributed by atoms with E-state index in [0.29, 0.717) is 0 Å². The van der Waals surface area contributed by atoms with Gasteiger partial charge in [-0.1, -0.05) is 121 Å². The van der Waals surface area contributed by atoms with Crippen LogP contribution in [-0.2, 0) is 0 Å². The van der Waals surface area contributed by atoms with Crippen molar-refractivity contribution in [2.75, 3.05) is 0 Å². The van der Waals surface area contributed by atoms with Gasteiger partial charge in [0.15, 0.2) is 0 Å². The summed E-state index contributed by atoms with van der Waals surface area (Å²) in [5, 5.41) is 4.62. The molecular weight excluding hydrogens is 536 g/mol. The van der Waals surface area contributed by atoms with Gasteiger partial charge in [-0.15, -0.1) is 0 Å². The van der Waals surface area contributed by atoms with Gasteiger partial charge in [-0.25, -0.2) is 4.98 Å². The number of hydrogen-bond donors (Lipinski definition) is 0. The Morgan fingerprint density at radius 2 is 1.07 bits per heavy atom. The topological polar surface area (TPSA) is 31.0 Å². The van der Waals surface area contributed by atoms with E-state index in [1.807, 2.05) is 24.3 Å². The van der Waals surface area contributed by atoms with Crippen molar-refractivity contribution >= 4 is 43.7 Å². The molecule has 0 aliphatic carbocycles. The zero-order valence-electron chi connectivity index (χ0n) is 23.8. The van der Waals surface area contributed by atoms with Crippen LogP contribution < -0.4 is 0 Å². The predicted molar refractivity (Wildman–Crippen MR) is 182 cm³/mol. The molecule has 2 heterocycles. The highest BCUT2D eigenvalue weighted by Crippen LogP contribution is 2.40. The minimum Gasteiger partial charge on any atom is -0.455 e. The van der Waals surface area contributed by atoms with E-state index in [4.69, 9.17) is 9.40 Å². The monoisotopic (exact) mass is 562 g/mol. The van der Waals surface area contributed by atoms with Crippen molar-refractivity contribution in [1.29, 1.82) is 0 Å². The minimum atomic E-state index is 0.920. The van der Waals surface area contributed by atoms with Gasteiger partial charge in [0.05, 0.1) is 11.0 Å². The van der Waals surface area contributed by atoms with Gasteiger partial charge in [0.2, 0.25) is 0 Å². The van der Waals surface area contributed by atoms with E-state index in [1.54, 1.807) is 0 Å². The van der Waals surface area contributed by atoms with E-state index in [2.05, 4.69) is 138 Å². The summed E-state index contributed by atoms with van der Waals surface area (Å²) in [5.74, 6) is 0.943. The van der Waals surface area contributed by atoms with E-state index >= 15 is 0 Å². The molecule has 0 saturated carbocycles. The lowest BCUT2D eigenvalue weighted by atomic mass is 9.94. The lowest BCUT2D eigenvalue weighted by Crippen LogP contribution is -1.97. The van der Waals surface area contributed by atoms with Gasteiger partial charge in [-0.05, 0) is 64.0 Å². The third-order valence-corrected chi connectivity index (χ3v) is 8.63. The van der Waals surface area contributed by atoms with Crippen LogP contribution in [0.2, 0.25) is 0 Å². The fraction of sp³-hybridized carbons (Fsp3) is 0. The highest BCUT2D eigenvalue weighted by molar-refractivity contribution is 6.19. The Labute approximate surface area is 254 Å². The second kappa shape index (κ2) is 9.82. The second-order valence-corrected chi connectivity index (χ2v) is 11.2.